The molecule has 0 aliphatic carbocycles. The number of aliphatic hydroxyl groups is 2. The van der Waals surface area contributed by atoms with Gasteiger partial charge in [0.25, 0.3) is 0 Å². The van der Waals surface area contributed by atoms with E-state index in [0.29, 0.717) is 25.9 Å². The van der Waals surface area contributed by atoms with Gasteiger partial charge < -0.3 is 51.2 Å². The highest BCUT2D eigenvalue weighted by atomic mass is 16.6. The van der Waals surface area contributed by atoms with Crippen LogP contribution in [0, 0.1) is 0 Å². The van der Waals surface area contributed by atoms with Crippen LogP contribution in [0.25, 0.3) is 0 Å². The van der Waals surface area contributed by atoms with Gasteiger partial charge in [0.05, 0.1) is 25.3 Å². The minimum absolute atomic E-state index is 0.233. The number of piperidine rings is 2. The summed E-state index contributed by atoms with van der Waals surface area (Å²) in [4.78, 5) is 44.4. The van der Waals surface area contributed by atoms with E-state index in [-0.39, 0.29) is 37.4 Å². The second-order valence-corrected chi connectivity index (χ2v) is 10.5. The zero-order chi connectivity index (χ0) is 28.4. The fourth-order valence-corrected chi connectivity index (χ4v) is 2.88. The number of β-amino-alcohol motifs (C(OH)–C–C–N with tert-alkyl or cyclic N) is 2. The molecule has 8 N–H and O–H groups in total. The Morgan fingerprint density at radius 2 is 0.972 bits per heavy atom. The number of rotatable bonds is 0. The molecule has 0 aromatic carbocycles. The first kappa shape index (κ1) is 33.3. The van der Waals surface area contributed by atoms with Crippen LogP contribution in [0.4, 0.5) is 9.59 Å². The summed E-state index contributed by atoms with van der Waals surface area (Å²) in [6, 6.07) is -0.465. The molecule has 2 amide bonds. The minimum atomic E-state index is -1.82. The lowest BCUT2D eigenvalue weighted by Crippen LogP contribution is -2.53. The number of carbonyl (C=O) groups is 4. The Morgan fingerprint density at radius 3 is 1.17 bits per heavy atom. The third-order valence-electron chi connectivity index (χ3n) is 4.75. The van der Waals surface area contributed by atoms with E-state index in [2.05, 4.69) is 0 Å². The maximum absolute atomic E-state index is 11.6. The number of carboxylic acids is 2. The Labute approximate surface area is 211 Å². The van der Waals surface area contributed by atoms with Crippen molar-refractivity contribution in [2.75, 3.05) is 26.2 Å². The summed E-state index contributed by atoms with van der Waals surface area (Å²) in [7, 11) is 0. The van der Waals surface area contributed by atoms with Crippen LogP contribution in [0.5, 0.6) is 0 Å². The predicted octanol–water partition coefficient (Wildman–Crippen LogP) is -0.214. The van der Waals surface area contributed by atoms with Gasteiger partial charge in [0.2, 0.25) is 0 Å². The molecule has 14 nitrogen and oxygen atoms in total. The number of carboxylic acid groups (broad SMARTS) is 2. The molecule has 2 aliphatic heterocycles. The zero-order valence-corrected chi connectivity index (χ0v) is 21.8. The van der Waals surface area contributed by atoms with Crippen molar-refractivity contribution in [3.8, 4) is 0 Å². The van der Waals surface area contributed by atoms with Crippen LogP contribution < -0.4 is 11.5 Å². The van der Waals surface area contributed by atoms with E-state index in [1.54, 1.807) is 0 Å². The molecule has 0 bridgehead atoms. The van der Waals surface area contributed by atoms with Gasteiger partial charge in [0.1, 0.15) is 11.2 Å². The topological polar surface area (TPSA) is 226 Å². The Balaban J connectivity index is 0.000000558. The number of aliphatic carboxylic acids is 2. The molecule has 2 rings (SSSR count). The van der Waals surface area contributed by atoms with Crippen molar-refractivity contribution in [1.82, 2.24) is 9.80 Å². The highest BCUT2D eigenvalue weighted by Gasteiger charge is 2.31. The van der Waals surface area contributed by atoms with E-state index in [0.717, 1.165) is 0 Å². The molecule has 2 saturated heterocycles. The Hall–Kier alpha value is -2.68. The van der Waals surface area contributed by atoms with Gasteiger partial charge in [0, 0.05) is 25.2 Å². The lowest BCUT2D eigenvalue weighted by atomic mass is 10.0. The van der Waals surface area contributed by atoms with Crippen LogP contribution in [0.3, 0.4) is 0 Å². The second-order valence-electron chi connectivity index (χ2n) is 10.5. The minimum Gasteiger partial charge on any atom is -0.473 e. The molecule has 36 heavy (non-hydrogen) atoms. The molecule has 2 aliphatic rings. The van der Waals surface area contributed by atoms with Crippen LogP contribution in [0.1, 0.15) is 54.4 Å². The lowest BCUT2D eigenvalue weighted by molar-refractivity contribution is -0.159. The molecule has 210 valence electrons. The SMILES string of the molecule is CC(C)(C)OC(=O)N1CC[C@@H](N)[C@H](O)C1.CC(C)(C)OC(=O)N1CC[C@@H](N)[C@H](O)C1.O=C(O)C(=O)O. The lowest BCUT2D eigenvalue weighted by Gasteiger charge is -2.35. The zero-order valence-electron chi connectivity index (χ0n) is 21.8. The van der Waals surface area contributed by atoms with E-state index in [1.807, 2.05) is 41.5 Å². The molecule has 0 spiro atoms. The molecule has 0 aromatic rings. The predicted molar refractivity (Wildman–Crippen MR) is 128 cm³/mol. The van der Waals surface area contributed by atoms with E-state index < -0.39 is 35.3 Å². The molecular weight excluding hydrogens is 480 g/mol. The fourth-order valence-electron chi connectivity index (χ4n) is 2.88. The van der Waals surface area contributed by atoms with Crippen LogP contribution in [-0.4, -0.2) is 116 Å². The quantitative estimate of drug-likeness (QED) is 0.227. The third-order valence-corrected chi connectivity index (χ3v) is 4.75. The summed E-state index contributed by atoms with van der Waals surface area (Å²) in [6.45, 7) is 12.5. The van der Waals surface area contributed by atoms with Gasteiger partial charge in [-0.25, -0.2) is 19.2 Å². The first-order chi connectivity index (χ1) is 16.2. The molecule has 2 heterocycles. The number of hydrogen-bond donors (Lipinski definition) is 6. The summed E-state index contributed by atoms with van der Waals surface area (Å²) in [5.41, 5.74) is 10.3. The maximum atomic E-state index is 11.6. The number of ether oxygens (including phenoxy) is 2. The van der Waals surface area contributed by atoms with Gasteiger partial charge in [-0.1, -0.05) is 0 Å². The standard InChI is InChI=1S/2C10H20N2O3.C2H2O4/c2*1-10(2,3)15-9(14)12-5-4-7(11)8(13)6-12;3-1(4)2(5)6/h2*7-8,13H,4-6,11H2,1-3H3;(H,3,4)(H,5,6)/t2*7-,8-;/m11./s1. The van der Waals surface area contributed by atoms with Gasteiger partial charge in [-0.2, -0.15) is 0 Å². The summed E-state index contributed by atoms with van der Waals surface area (Å²) < 4.78 is 10.4. The van der Waals surface area contributed by atoms with Crippen LogP contribution in [0.15, 0.2) is 0 Å². The molecular formula is C22H42N4O10. The van der Waals surface area contributed by atoms with Gasteiger partial charge in [-0.3, -0.25) is 0 Å². The third kappa shape index (κ3) is 14.0. The van der Waals surface area contributed by atoms with Crippen molar-refractivity contribution < 1.29 is 49.1 Å². The first-order valence-electron chi connectivity index (χ1n) is 11.5. The van der Waals surface area contributed by atoms with Crippen molar-refractivity contribution in [3.05, 3.63) is 0 Å². The largest absolute Gasteiger partial charge is 0.473 e. The summed E-state index contributed by atoms with van der Waals surface area (Å²) in [6.07, 6.45) is -0.833. The fraction of sp³-hybridized carbons (Fsp3) is 0.818. The number of amides is 2. The summed E-state index contributed by atoms with van der Waals surface area (Å²) in [5, 5.41) is 33.8. The number of nitrogens with zero attached hydrogens (tertiary/aromatic N) is 2. The number of hydrogen-bond acceptors (Lipinski definition) is 10. The van der Waals surface area contributed by atoms with E-state index in [4.69, 9.17) is 40.7 Å². The molecule has 0 radical (unpaired) electrons. The maximum Gasteiger partial charge on any atom is 0.414 e. The second kappa shape index (κ2) is 14.2. The molecule has 0 unspecified atom stereocenters. The smallest absolute Gasteiger partial charge is 0.414 e. The summed E-state index contributed by atoms with van der Waals surface area (Å²) in [5.74, 6) is -3.65. The first-order valence-corrected chi connectivity index (χ1v) is 11.5. The van der Waals surface area contributed by atoms with Crippen molar-refractivity contribution in [1.29, 1.82) is 0 Å². The Bertz CT molecular complexity index is 688. The highest BCUT2D eigenvalue weighted by molar-refractivity contribution is 6.27. The van der Waals surface area contributed by atoms with E-state index in [9.17, 15) is 19.8 Å². The molecule has 0 aromatic heterocycles. The molecule has 4 atom stereocenters. The highest BCUT2D eigenvalue weighted by Crippen LogP contribution is 2.16. The van der Waals surface area contributed by atoms with E-state index in [1.165, 1.54) is 9.80 Å². The number of aliphatic hydroxyl groups excluding tert-OH is 2. The van der Waals surface area contributed by atoms with Gasteiger partial charge >= 0.3 is 24.1 Å². The van der Waals surface area contributed by atoms with Gasteiger partial charge in [-0.15, -0.1) is 0 Å². The van der Waals surface area contributed by atoms with Gasteiger partial charge in [0.15, 0.2) is 0 Å². The average molecular weight is 523 g/mol. The van der Waals surface area contributed by atoms with E-state index >= 15 is 0 Å². The monoisotopic (exact) mass is 522 g/mol. The molecule has 14 heteroatoms. The number of likely N-dealkylation sites (tertiary alicyclic amines) is 2. The average Bonchev–Trinajstić information content (AvgIpc) is 2.70. The number of carbonyl (C=O) groups excluding carboxylic acids is 2. The van der Waals surface area contributed by atoms with Crippen LogP contribution in [-0.2, 0) is 19.1 Å². The molecule has 0 saturated carbocycles. The summed E-state index contributed by atoms with van der Waals surface area (Å²) >= 11 is 0. The normalized spacial score (nSPS) is 24.3. The van der Waals surface area contributed by atoms with Gasteiger partial charge in [-0.05, 0) is 54.4 Å². The number of nitrogens with two attached hydrogens (primary N) is 2. The van der Waals surface area contributed by atoms with Crippen LogP contribution >= 0.6 is 0 Å². The van der Waals surface area contributed by atoms with Crippen molar-refractivity contribution in [2.24, 2.45) is 11.5 Å². The van der Waals surface area contributed by atoms with Crippen molar-refractivity contribution in [3.63, 3.8) is 0 Å². The van der Waals surface area contributed by atoms with Crippen molar-refractivity contribution >= 4 is 24.1 Å². The van der Waals surface area contributed by atoms with Crippen molar-refractivity contribution in [2.45, 2.75) is 89.9 Å². The Morgan fingerprint density at radius 1 is 0.694 bits per heavy atom. The van der Waals surface area contributed by atoms with Crippen LogP contribution in [0.2, 0.25) is 0 Å². The Kier molecular flexibility index (Phi) is 13.1. The molecule has 2 fully saturated rings.